The molecule has 5 rings (SSSR count). The number of amides is 1. The summed E-state index contributed by atoms with van der Waals surface area (Å²) in [4.78, 5) is 29.5. The van der Waals surface area contributed by atoms with Crippen molar-refractivity contribution < 1.29 is 22.7 Å². The Labute approximate surface area is 235 Å². The number of carbonyl (C=O) groups is 1. The second-order valence-corrected chi connectivity index (χ2v) is 10.4. The normalized spacial score (nSPS) is 11.1. The SMILES string of the molecule is COc1cc(Nc2nc3ccccc3nc2NS(=O)(=O)c2cccc(NC(=O)Cc3cnccn3)c2)cc(OC)c1. The molecule has 0 spiro atoms. The van der Waals surface area contributed by atoms with E-state index in [0.717, 1.165) is 0 Å². The molecule has 3 N–H and O–H groups in total. The average molecular weight is 572 g/mol. The molecular weight excluding hydrogens is 546 g/mol. The van der Waals surface area contributed by atoms with Crippen LogP contribution in [0.15, 0.2) is 90.2 Å². The number of fused-ring (bicyclic) bond motifs is 1. The maximum atomic E-state index is 13.5. The van der Waals surface area contributed by atoms with Gasteiger partial charge in [0, 0.05) is 48.2 Å². The first-order valence-corrected chi connectivity index (χ1v) is 13.8. The summed E-state index contributed by atoms with van der Waals surface area (Å²) in [7, 11) is -1.10. The molecule has 0 saturated heterocycles. The van der Waals surface area contributed by atoms with E-state index in [9.17, 15) is 13.2 Å². The number of hydrogen-bond acceptors (Lipinski definition) is 10. The fraction of sp³-hybridized carbons (Fsp3) is 0.107. The molecule has 0 bridgehead atoms. The third-order valence-electron chi connectivity index (χ3n) is 5.80. The lowest BCUT2D eigenvalue weighted by molar-refractivity contribution is -0.115. The van der Waals surface area contributed by atoms with Crippen LogP contribution in [0.1, 0.15) is 5.69 Å². The Balaban J connectivity index is 1.44. The Hall–Kier alpha value is -5.30. The summed E-state index contributed by atoms with van der Waals surface area (Å²) < 4.78 is 40.2. The first-order valence-electron chi connectivity index (χ1n) is 12.3. The molecule has 0 atom stereocenters. The number of nitrogens with zero attached hydrogens (tertiary/aromatic N) is 4. The van der Waals surface area contributed by atoms with E-state index in [0.29, 0.717) is 39.6 Å². The monoisotopic (exact) mass is 571 g/mol. The van der Waals surface area contributed by atoms with E-state index >= 15 is 0 Å². The van der Waals surface area contributed by atoms with Gasteiger partial charge in [0.15, 0.2) is 11.6 Å². The van der Waals surface area contributed by atoms with E-state index in [2.05, 4.69) is 35.3 Å². The van der Waals surface area contributed by atoms with Gasteiger partial charge in [-0.05, 0) is 30.3 Å². The van der Waals surface area contributed by atoms with Crippen molar-refractivity contribution in [2.75, 3.05) is 29.6 Å². The summed E-state index contributed by atoms with van der Waals surface area (Å²) in [6.45, 7) is 0. The minimum Gasteiger partial charge on any atom is -0.497 e. The number of rotatable bonds is 10. The smallest absolute Gasteiger partial charge is 0.263 e. The van der Waals surface area contributed by atoms with Crippen molar-refractivity contribution in [2.24, 2.45) is 0 Å². The number of ether oxygens (including phenoxy) is 2. The molecule has 0 unspecified atom stereocenters. The lowest BCUT2D eigenvalue weighted by Crippen LogP contribution is -2.18. The Morgan fingerprint density at radius 2 is 1.54 bits per heavy atom. The molecule has 3 aromatic carbocycles. The fourth-order valence-corrected chi connectivity index (χ4v) is 4.95. The molecule has 13 heteroatoms. The van der Waals surface area contributed by atoms with Crippen LogP contribution in [0.2, 0.25) is 0 Å². The van der Waals surface area contributed by atoms with Crippen LogP contribution >= 0.6 is 0 Å². The summed E-state index contributed by atoms with van der Waals surface area (Å²) in [5.41, 5.74) is 2.37. The minimum atomic E-state index is -4.16. The van der Waals surface area contributed by atoms with Gasteiger partial charge in [-0.3, -0.25) is 19.5 Å². The standard InChI is InChI=1S/C28H25N7O5S/c1-39-21-12-19(13-22(16-21)40-2)32-27-28(34-25-9-4-3-8-24(25)33-27)35-41(37,38)23-7-5-6-18(14-23)31-26(36)15-20-17-29-10-11-30-20/h3-14,16-17H,15H2,1-2H3,(H,31,36)(H,32,33)(H,34,35). The second-order valence-electron chi connectivity index (χ2n) is 8.69. The molecule has 2 heterocycles. The molecule has 41 heavy (non-hydrogen) atoms. The lowest BCUT2D eigenvalue weighted by atomic mass is 10.2. The average Bonchev–Trinajstić information content (AvgIpc) is 2.97. The van der Waals surface area contributed by atoms with E-state index < -0.39 is 10.0 Å². The molecule has 1 amide bonds. The van der Waals surface area contributed by atoms with Gasteiger partial charge < -0.3 is 20.1 Å². The van der Waals surface area contributed by atoms with E-state index in [-0.39, 0.29) is 28.9 Å². The van der Waals surface area contributed by atoms with Gasteiger partial charge in [0.25, 0.3) is 10.0 Å². The van der Waals surface area contributed by atoms with Crippen LogP contribution in [-0.2, 0) is 21.2 Å². The third-order valence-corrected chi connectivity index (χ3v) is 7.14. The number of carbonyl (C=O) groups excluding carboxylic acids is 1. The topological polar surface area (TPSA) is 157 Å². The highest BCUT2D eigenvalue weighted by Crippen LogP contribution is 2.31. The van der Waals surface area contributed by atoms with Gasteiger partial charge >= 0.3 is 0 Å². The molecule has 12 nitrogen and oxygen atoms in total. The number of para-hydroxylation sites is 2. The predicted molar refractivity (Wildman–Crippen MR) is 154 cm³/mol. The highest BCUT2D eigenvalue weighted by atomic mass is 32.2. The van der Waals surface area contributed by atoms with E-state index in [4.69, 9.17) is 9.47 Å². The molecule has 2 aromatic heterocycles. The maximum absolute atomic E-state index is 13.5. The van der Waals surface area contributed by atoms with Crippen LogP contribution in [0.4, 0.5) is 23.0 Å². The van der Waals surface area contributed by atoms with Gasteiger partial charge in [0.05, 0.1) is 42.3 Å². The largest absolute Gasteiger partial charge is 0.497 e. The van der Waals surface area contributed by atoms with Crippen LogP contribution in [0.25, 0.3) is 11.0 Å². The van der Waals surface area contributed by atoms with Gasteiger partial charge in [0.2, 0.25) is 5.91 Å². The number of anilines is 4. The lowest BCUT2D eigenvalue weighted by Gasteiger charge is -2.15. The summed E-state index contributed by atoms with van der Waals surface area (Å²) in [5, 5.41) is 5.81. The van der Waals surface area contributed by atoms with Crippen molar-refractivity contribution in [3.63, 3.8) is 0 Å². The zero-order valence-corrected chi connectivity index (χ0v) is 22.8. The van der Waals surface area contributed by atoms with Crippen molar-refractivity contribution in [2.45, 2.75) is 11.3 Å². The molecule has 0 fully saturated rings. The predicted octanol–water partition coefficient (Wildman–Crippen LogP) is 4.16. The number of nitrogens with one attached hydrogen (secondary N) is 3. The van der Waals surface area contributed by atoms with Crippen LogP contribution in [-0.4, -0.2) is 48.5 Å². The summed E-state index contributed by atoms with van der Waals surface area (Å²) in [6.07, 6.45) is 4.48. The number of hydrogen-bond donors (Lipinski definition) is 3. The summed E-state index contributed by atoms with van der Waals surface area (Å²) in [6, 6.07) is 18.1. The zero-order chi connectivity index (χ0) is 28.8. The minimum absolute atomic E-state index is 0.0141. The molecule has 0 aliphatic carbocycles. The van der Waals surface area contributed by atoms with Crippen LogP contribution in [0, 0.1) is 0 Å². The molecule has 0 radical (unpaired) electrons. The molecule has 0 saturated carbocycles. The van der Waals surface area contributed by atoms with Gasteiger partial charge in [-0.2, -0.15) is 0 Å². The molecule has 0 aliphatic rings. The van der Waals surface area contributed by atoms with Crippen LogP contribution in [0.5, 0.6) is 11.5 Å². The van der Waals surface area contributed by atoms with E-state index in [1.54, 1.807) is 42.5 Å². The van der Waals surface area contributed by atoms with Gasteiger partial charge in [-0.25, -0.2) is 18.4 Å². The third kappa shape index (κ3) is 6.65. The van der Waals surface area contributed by atoms with Crippen molar-refractivity contribution in [3.05, 3.63) is 91.0 Å². The second kappa shape index (κ2) is 11.8. The number of methoxy groups -OCH3 is 2. The maximum Gasteiger partial charge on any atom is 0.263 e. The first-order chi connectivity index (χ1) is 19.8. The fourth-order valence-electron chi connectivity index (χ4n) is 3.89. The summed E-state index contributed by atoms with van der Waals surface area (Å²) >= 11 is 0. The van der Waals surface area contributed by atoms with Crippen molar-refractivity contribution in [3.8, 4) is 11.5 Å². The number of benzene rings is 3. The Kier molecular flexibility index (Phi) is 7.87. The Morgan fingerprint density at radius 1 is 0.829 bits per heavy atom. The summed E-state index contributed by atoms with van der Waals surface area (Å²) in [5.74, 6) is 0.828. The van der Waals surface area contributed by atoms with Gasteiger partial charge in [-0.1, -0.05) is 18.2 Å². The number of sulfonamides is 1. The van der Waals surface area contributed by atoms with Crippen LogP contribution in [0.3, 0.4) is 0 Å². The van der Waals surface area contributed by atoms with Crippen molar-refractivity contribution in [1.82, 2.24) is 19.9 Å². The molecular formula is C28H25N7O5S. The Morgan fingerprint density at radius 3 is 2.20 bits per heavy atom. The van der Waals surface area contributed by atoms with E-state index in [1.165, 1.54) is 51.0 Å². The zero-order valence-electron chi connectivity index (χ0n) is 22.0. The highest BCUT2D eigenvalue weighted by molar-refractivity contribution is 7.92. The molecule has 5 aromatic rings. The number of aromatic nitrogens is 4. The quantitative estimate of drug-likeness (QED) is 0.222. The van der Waals surface area contributed by atoms with Gasteiger partial charge in [-0.15, -0.1) is 0 Å². The van der Waals surface area contributed by atoms with Crippen molar-refractivity contribution in [1.29, 1.82) is 0 Å². The highest BCUT2D eigenvalue weighted by Gasteiger charge is 2.20. The molecule has 208 valence electrons. The first kappa shape index (κ1) is 27.3. The van der Waals surface area contributed by atoms with Gasteiger partial charge in [0.1, 0.15) is 11.5 Å². The van der Waals surface area contributed by atoms with E-state index in [1.807, 2.05) is 6.07 Å². The Bertz CT molecular complexity index is 1800. The van der Waals surface area contributed by atoms with Crippen LogP contribution < -0.4 is 24.8 Å². The van der Waals surface area contributed by atoms with Crippen molar-refractivity contribution >= 4 is 50.0 Å². The molecule has 0 aliphatic heterocycles.